The SMILES string of the molecule is CC(C)CCN=C(N)NCCNc1ncccc1C(F)(F)F.I. The summed E-state index contributed by atoms with van der Waals surface area (Å²) in [5.74, 6) is 0.648. The number of pyridine rings is 1. The molecule has 5 nitrogen and oxygen atoms in total. The summed E-state index contributed by atoms with van der Waals surface area (Å²) in [7, 11) is 0. The van der Waals surface area contributed by atoms with Crippen LogP contribution in [0.1, 0.15) is 25.8 Å². The van der Waals surface area contributed by atoms with Crippen LogP contribution in [0.25, 0.3) is 0 Å². The van der Waals surface area contributed by atoms with E-state index in [0.717, 1.165) is 12.5 Å². The summed E-state index contributed by atoms with van der Waals surface area (Å²) < 4.78 is 38.3. The van der Waals surface area contributed by atoms with Gasteiger partial charge in [-0.25, -0.2) is 4.98 Å². The quantitative estimate of drug-likeness (QED) is 0.261. The first-order valence-electron chi connectivity index (χ1n) is 7.10. The topological polar surface area (TPSA) is 75.3 Å². The normalized spacial score (nSPS) is 12.0. The van der Waals surface area contributed by atoms with Crippen molar-refractivity contribution in [2.45, 2.75) is 26.4 Å². The van der Waals surface area contributed by atoms with Crippen LogP contribution in [0.4, 0.5) is 19.0 Å². The zero-order chi connectivity index (χ0) is 16.6. The van der Waals surface area contributed by atoms with Gasteiger partial charge in [-0.1, -0.05) is 13.8 Å². The number of halogens is 4. The summed E-state index contributed by atoms with van der Waals surface area (Å²) >= 11 is 0. The van der Waals surface area contributed by atoms with Crippen molar-refractivity contribution >= 4 is 35.8 Å². The molecule has 0 atom stereocenters. The first-order valence-corrected chi connectivity index (χ1v) is 7.10. The summed E-state index contributed by atoms with van der Waals surface area (Å²) in [6.07, 6.45) is -2.18. The number of guanidine groups is 1. The van der Waals surface area contributed by atoms with Gasteiger partial charge in [0, 0.05) is 25.8 Å². The summed E-state index contributed by atoms with van der Waals surface area (Å²) in [5, 5.41) is 5.49. The lowest BCUT2D eigenvalue weighted by Crippen LogP contribution is -2.35. The fraction of sp³-hybridized carbons (Fsp3) is 0.571. The second-order valence-corrected chi connectivity index (χ2v) is 5.20. The number of nitrogens with two attached hydrogens (primary N) is 1. The Morgan fingerprint density at radius 3 is 2.65 bits per heavy atom. The maximum Gasteiger partial charge on any atom is 0.419 e. The van der Waals surface area contributed by atoms with Gasteiger partial charge < -0.3 is 16.4 Å². The van der Waals surface area contributed by atoms with Crippen LogP contribution in [0, 0.1) is 5.92 Å². The molecule has 9 heteroatoms. The van der Waals surface area contributed by atoms with Gasteiger partial charge in [0.2, 0.25) is 0 Å². The molecule has 0 radical (unpaired) electrons. The van der Waals surface area contributed by atoms with E-state index in [-0.39, 0.29) is 36.3 Å². The van der Waals surface area contributed by atoms with Gasteiger partial charge in [0.05, 0.1) is 5.56 Å². The van der Waals surface area contributed by atoms with E-state index in [1.54, 1.807) is 0 Å². The van der Waals surface area contributed by atoms with Gasteiger partial charge in [-0.05, 0) is 24.5 Å². The van der Waals surface area contributed by atoms with Crippen molar-refractivity contribution in [3.63, 3.8) is 0 Å². The summed E-state index contributed by atoms with van der Waals surface area (Å²) in [4.78, 5) is 7.84. The van der Waals surface area contributed by atoms with E-state index in [0.29, 0.717) is 25.0 Å². The van der Waals surface area contributed by atoms with Crippen LogP contribution in [0.15, 0.2) is 23.3 Å². The number of aliphatic imine (C=N–C) groups is 1. The second-order valence-electron chi connectivity index (χ2n) is 5.20. The number of hydrogen-bond acceptors (Lipinski definition) is 3. The van der Waals surface area contributed by atoms with Crippen LogP contribution in [0.5, 0.6) is 0 Å². The molecule has 1 aromatic heterocycles. The Labute approximate surface area is 151 Å². The average molecular weight is 445 g/mol. The highest BCUT2D eigenvalue weighted by Crippen LogP contribution is 2.33. The molecule has 0 aliphatic rings. The molecule has 1 rings (SSSR count). The molecule has 0 fully saturated rings. The van der Waals surface area contributed by atoms with Crippen LogP contribution >= 0.6 is 24.0 Å². The van der Waals surface area contributed by atoms with Gasteiger partial charge in [0.25, 0.3) is 0 Å². The molecule has 1 aromatic rings. The first-order chi connectivity index (χ1) is 10.3. The maximum absolute atomic E-state index is 12.8. The lowest BCUT2D eigenvalue weighted by Gasteiger charge is -2.13. The largest absolute Gasteiger partial charge is 0.419 e. The smallest absolute Gasteiger partial charge is 0.370 e. The Hall–Kier alpha value is -1.26. The molecule has 0 aliphatic heterocycles. The zero-order valence-corrected chi connectivity index (χ0v) is 15.5. The van der Waals surface area contributed by atoms with E-state index in [1.807, 2.05) is 0 Å². The highest BCUT2D eigenvalue weighted by Gasteiger charge is 2.33. The highest BCUT2D eigenvalue weighted by atomic mass is 127. The molecule has 132 valence electrons. The fourth-order valence-electron chi connectivity index (χ4n) is 1.65. The van der Waals surface area contributed by atoms with Gasteiger partial charge in [-0.2, -0.15) is 13.2 Å². The van der Waals surface area contributed by atoms with Crippen LogP contribution < -0.4 is 16.4 Å². The average Bonchev–Trinajstić information content (AvgIpc) is 2.42. The predicted molar refractivity (Wildman–Crippen MR) is 97.1 cm³/mol. The second kappa shape index (κ2) is 10.5. The van der Waals surface area contributed by atoms with Gasteiger partial charge >= 0.3 is 6.18 Å². The molecule has 0 saturated carbocycles. The number of rotatable bonds is 7. The Morgan fingerprint density at radius 2 is 2.04 bits per heavy atom. The third-order valence-electron chi connectivity index (χ3n) is 2.83. The van der Waals surface area contributed by atoms with Gasteiger partial charge in [-0.15, -0.1) is 24.0 Å². The van der Waals surface area contributed by atoms with Crippen molar-refractivity contribution in [1.29, 1.82) is 0 Å². The minimum Gasteiger partial charge on any atom is -0.370 e. The standard InChI is InChI=1S/C14H22F3N5.HI/c1-10(2)5-7-21-13(18)22-9-8-20-12-11(14(15,16)17)4-3-6-19-12;/h3-4,6,10H,5,7-9H2,1-2H3,(H,19,20)(H3,18,21,22);1H. The molecule has 23 heavy (non-hydrogen) atoms. The van der Waals surface area contributed by atoms with Crippen molar-refractivity contribution in [2.24, 2.45) is 16.6 Å². The maximum atomic E-state index is 12.8. The number of aromatic nitrogens is 1. The van der Waals surface area contributed by atoms with Crippen LogP contribution in [-0.2, 0) is 6.18 Å². The molecular formula is C14H23F3IN5. The van der Waals surface area contributed by atoms with Crippen LogP contribution in [0.2, 0.25) is 0 Å². The van der Waals surface area contributed by atoms with Crippen molar-refractivity contribution in [3.05, 3.63) is 23.9 Å². The summed E-state index contributed by atoms with van der Waals surface area (Å²) in [6, 6.07) is 2.25. The van der Waals surface area contributed by atoms with Crippen molar-refractivity contribution in [3.8, 4) is 0 Å². The molecule has 0 amide bonds. The third-order valence-corrected chi connectivity index (χ3v) is 2.83. The van der Waals surface area contributed by atoms with E-state index < -0.39 is 11.7 Å². The number of anilines is 1. The minimum absolute atomic E-state index is 0. The lowest BCUT2D eigenvalue weighted by atomic mass is 10.1. The monoisotopic (exact) mass is 445 g/mol. The summed E-state index contributed by atoms with van der Waals surface area (Å²) in [5.41, 5.74) is 4.87. The van der Waals surface area contributed by atoms with Gasteiger partial charge in [0.15, 0.2) is 5.96 Å². The molecule has 0 spiro atoms. The van der Waals surface area contributed by atoms with Crippen LogP contribution in [-0.4, -0.2) is 30.6 Å². The van der Waals surface area contributed by atoms with Crippen molar-refractivity contribution in [1.82, 2.24) is 10.3 Å². The van der Waals surface area contributed by atoms with Gasteiger partial charge in [-0.3, -0.25) is 4.99 Å². The summed E-state index contributed by atoms with van der Waals surface area (Å²) in [6.45, 7) is 5.41. The minimum atomic E-state index is -4.43. The molecule has 0 aromatic carbocycles. The number of hydrogen-bond donors (Lipinski definition) is 3. The van der Waals surface area contributed by atoms with E-state index in [9.17, 15) is 13.2 Å². The third kappa shape index (κ3) is 8.82. The predicted octanol–water partition coefficient (Wildman–Crippen LogP) is 3.08. The first kappa shape index (κ1) is 21.7. The molecule has 0 saturated heterocycles. The van der Waals surface area contributed by atoms with Crippen molar-refractivity contribution in [2.75, 3.05) is 25.0 Å². The van der Waals surface area contributed by atoms with E-state index in [4.69, 9.17) is 5.73 Å². The molecule has 0 unspecified atom stereocenters. The Bertz CT molecular complexity index is 492. The van der Waals surface area contributed by atoms with E-state index in [2.05, 4.69) is 34.5 Å². The molecule has 4 N–H and O–H groups in total. The molecular weight excluding hydrogens is 422 g/mol. The van der Waals surface area contributed by atoms with Crippen molar-refractivity contribution < 1.29 is 13.2 Å². The molecule has 0 bridgehead atoms. The number of nitrogens with zero attached hydrogens (tertiary/aromatic N) is 2. The molecule has 0 aliphatic carbocycles. The lowest BCUT2D eigenvalue weighted by molar-refractivity contribution is -0.137. The number of alkyl halides is 3. The Morgan fingerprint density at radius 1 is 1.35 bits per heavy atom. The zero-order valence-electron chi connectivity index (χ0n) is 13.2. The Balaban J connectivity index is 0.00000484. The van der Waals surface area contributed by atoms with Crippen LogP contribution in [0.3, 0.4) is 0 Å². The molecule has 1 heterocycles. The van der Waals surface area contributed by atoms with E-state index >= 15 is 0 Å². The van der Waals surface area contributed by atoms with E-state index in [1.165, 1.54) is 12.3 Å². The fourth-order valence-corrected chi connectivity index (χ4v) is 1.65. The Kier molecular flexibility index (Phi) is 9.93. The van der Waals surface area contributed by atoms with Gasteiger partial charge in [0.1, 0.15) is 5.82 Å². The number of nitrogens with one attached hydrogen (secondary N) is 2. The highest BCUT2D eigenvalue weighted by molar-refractivity contribution is 14.0.